The van der Waals surface area contributed by atoms with Crippen LogP contribution in [0, 0.1) is 25.2 Å². The summed E-state index contributed by atoms with van der Waals surface area (Å²) in [5.41, 5.74) is 1.93. The van der Waals surface area contributed by atoms with E-state index in [9.17, 15) is 10.1 Å². The number of aromatic nitrogens is 2. The molecule has 1 aromatic carbocycles. The Morgan fingerprint density at radius 1 is 1.30 bits per heavy atom. The number of rotatable bonds is 4. The number of allylic oxidation sites excluding steroid dienone is 1. The molecule has 6 nitrogen and oxygen atoms in total. The maximum Gasteiger partial charge on any atom is 0.289 e. The smallest absolute Gasteiger partial charge is 0.289 e. The third kappa shape index (κ3) is 3.24. The van der Waals surface area contributed by atoms with Gasteiger partial charge >= 0.3 is 0 Å². The van der Waals surface area contributed by atoms with Crippen LogP contribution in [0.5, 0.6) is 11.5 Å². The minimum Gasteiger partial charge on any atom is -0.493 e. The molecule has 0 unspecified atom stereocenters. The Hall–Kier alpha value is -3.07. The van der Waals surface area contributed by atoms with Crippen molar-refractivity contribution in [2.24, 2.45) is 0 Å². The van der Waals surface area contributed by atoms with Gasteiger partial charge in [0, 0.05) is 11.3 Å². The van der Waals surface area contributed by atoms with Crippen molar-refractivity contribution in [2.45, 2.75) is 13.8 Å². The highest BCUT2D eigenvalue weighted by molar-refractivity contribution is 6.03. The normalized spacial score (nSPS) is 11.0. The van der Waals surface area contributed by atoms with Crippen LogP contribution in [-0.4, -0.2) is 29.9 Å². The molecule has 0 radical (unpaired) electrons. The minimum absolute atomic E-state index is 0.0391. The van der Waals surface area contributed by atoms with Crippen molar-refractivity contribution < 1.29 is 14.3 Å². The minimum atomic E-state index is -0.483. The van der Waals surface area contributed by atoms with Crippen LogP contribution in [-0.2, 0) is 0 Å². The lowest BCUT2D eigenvalue weighted by Gasteiger charge is -2.10. The highest BCUT2D eigenvalue weighted by Crippen LogP contribution is 2.32. The number of hydrogen-bond acceptors (Lipinski definition) is 5. The fourth-order valence-corrected chi connectivity index (χ4v) is 2.27. The van der Waals surface area contributed by atoms with Crippen LogP contribution in [0.25, 0.3) is 6.08 Å². The van der Waals surface area contributed by atoms with Gasteiger partial charge in [-0.15, -0.1) is 0 Å². The van der Waals surface area contributed by atoms with E-state index >= 15 is 0 Å². The third-order valence-electron chi connectivity index (χ3n) is 3.29. The highest BCUT2D eigenvalue weighted by atomic mass is 16.5. The van der Waals surface area contributed by atoms with Gasteiger partial charge in [0.2, 0.25) is 0 Å². The maximum atomic E-state index is 12.5. The van der Waals surface area contributed by atoms with Crippen LogP contribution in [0.2, 0.25) is 0 Å². The summed E-state index contributed by atoms with van der Waals surface area (Å²) < 4.78 is 11.8. The SMILES string of the molecule is COc1cccc(/C=C(\C#N)C(=O)n2nc(C)cc2C)c1OC. The largest absolute Gasteiger partial charge is 0.493 e. The van der Waals surface area contributed by atoms with Crippen molar-refractivity contribution in [3.63, 3.8) is 0 Å². The molecule has 0 saturated heterocycles. The van der Waals surface area contributed by atoms with E-state index in [4.69, 9.17) is 9.47 Å². The van der Waals surface area contributed by atoms with Crippen LogP contribution in [0.15, 0.2) is 29.8 Å². The molecule has 23 heavy (non-hydrogen) atoms. The molecule has 0 saturated carbocycles. The van der Waals surface area contributed by atoms with E-state index in [2.05, 4.69) is 5.10 Å². The summed E-state index contributed by atoms with van der Waals surface area (Å²) in [5, 5.41) is 13.5. The number of para-hydroxylation sites is 1. The molecule has 118 valence electrons. The fourth-order valence-electron chi connectivity index (χ4n) is 2.27. The summed E-state index contributed by atoms with van der Waals surface area (Å²) in [7, 11) is 3.03. The van der Waals surface area contributed by atoms with Crippen LogP contribution >= 0.6 is 0 Å². The Labute approximate surface area is 134 Å². The van der Waals surface area contributed by atoms with Crippen molar-refractivity contribution in [1.29, 1.82) is 5.26 Å². The number of methoxy groups -OCH3 is 2. The van der Waals surface area contributed by atoms with Gasteiger partial charge in [0.25, 0.3) is 5.91 Å². The van der Waals surface area contributed by atoms with Crippen molar-refractivity contribution in [2.75, 3.05) is 14.2 Å². The summed E-state index contributed by atoms with van der Waals surface area (Å²) >= 11 is 0. The first-order chi connectivity index (χ1) is 11.0. The lowest BCUT2D eigenvalue weighted by molar-refractivity contribution is 0.0943. The summed E-state index contributed by atoms with van der Waals surface area (Å²) in [6.07, 6.45) is 1.47. The molecule has 0 atom stereocenters. The molecule has 6 heteroatoms. The second-order valence-corrected chi connectivity index (χ2v) is 4.90. The predicted octanol–water partition coefficient (Wildman–Crippen LogP) is 2.76. The zero-order chi connectivity index (χ0) is 17.0. The zero-order valence-electron chi connectivity index (χ0n) is 13.5. The Morgan fingerprint density at radius 2 is 2.04 bits per heavy atom. The summed E-state index contributed by atoms with van der Waals surface area (Å²) in [6.45, 7) is 3.55. The van der Waals surface area contributed by atoms with Crippen LogP contribution < -0.4 is 9.47 Å². The van der Waals surface area contributed by atoms with Gasteiger partial charge in [-0.25, -0.2) is 4.68 Å². The molecule has 2 aromatic rings. The predicted molar refractivity (Wildman–Crippen MR) is 85.5 cm³/mol. The Balaban J connectivity index is 2.50. The standard InChI is InChI=1S/C17H17N3O3/c1-11-8-12(2)20(19-11)17(21)14(10-18)9-13-6-5-7-15(22-3)16(13)23-4/h5-9H,1-4H3/b14-9+. The fraction of sp³-hybridized carbons (Fsp3) is 0.235. The number of benzene rings is 1. The second-order valence-electron chi connectivity index (χ2n) is 4.90. The van der Waals surface area contributed by atoms with Gasteiger partial charge in [-0.1, -0.05) is 12.1 Å². The maximum absolute atomic E-state index is 12.5. The van der Waals surface area contributed by atoms with Crippen molar-refractivity contribution >= 4 is 12.0 Å². The number of carbonyl (C=O) groups is 1. The molecule has 0 amide bonds. The van der Waals surface area contributed by atoms with Gasteiger partial charge in [-0.2, -0.15) is 10.4 Å². The summed E-state index contributed by atoms with van der Waals surface area (Å²) in [4.78, 5) is 12.5. The third-order valence-corrected chi connectivity index (χ3v) is 3.29. The molecule has 0 aliphatic heterocycles. The molecule has 0 aliphatic rings. The van der Waals surface area contributed by atoms with Gasteiger partial charge in [0.1, 0.15) is 11.6 Å². The van der Waals surface area contributed by atoms with E-state index in [1.807, 2.05) is 6.07 Å². The molecule has 0 spiro atoms. The van der Waals surface area contributed by atoms with Crippen molar-refractivity contribution in [1.82, 2.24) is 9.78 Å². The number of nitrogens with zero attached hydrogens (tertiary/aromatic N) is 3. The van der Waals surface area contributed by atoms with E-state index in [-0.39, 0.29) is 5.57 Å². The first kappa shape index (κ1) is 16.3. The van der Waals surface area contributed by atoms with E-state index in [1.54, 1.807) is 38.1 Å². The van der Waals surface area contributed by atoms with Gasteiger partial charge < -0.3 is 9.47 Å². The van der Waals surface area contributed by atoms with Gasteiger partial charge in [0.05, 0.1) is 19.9 Å². The quantitative estimate of drug-likeness (QED) is 0.641. The Bertz CT molecular complexity index is 813. The van der Waals surface area contributed by atoms with E-state index < -0.39 is 5.91 Å². The first-order valence-electron chi connectivity index (χ1n) is 6.92. The first-order valence-corrected chi connectivity index (χ1v) is 6.92. The molecule has 0 bridgehead atoms. The average molecular weight is 311 g/mol. The lowest BCUT2D eigenvalue weighted by atomic mass is 10.1. The number of nitriles is 1. The van der Waals surface area contributed by atoms with Crippen LogP contribution in [0.3, 0.4) is 0 Å². The molecule has 0 N–H and O–H groups in total. The number of aryl methyl sites for hydroxylation is 2. The van der Waals surface area contributed by atoms with E-state index in [0.29, 0.717) is 28.5 Å². The molecular weight excluding hydrogens is 294 g/mol. The van der Waals surface area contributed by atoms with Crippen LogP contribution in [0.1, 0.15) is 21.7 Å². The Kier molecular flexibility index (Phi) is 4.82. The topological polar surface area (TPSA) is 77.1 Å². The number of ether oxygens (including phenoxy) is 2. The van der Waals surface area contributed by atoms with Crippen molar-refractivity contribution in [3.8, 4) is 17.6 Å². The van der Waals surface area contributed by atoms with Crippen LogP contribution in [0.4, 0.5) is 0 Å². The summed E-state index contributed by atoms with van der Waals surface area (Å²) in [6, 6.07) is 8.95. The molecule has 1 heterocycles. The molecular formula is C17H17N3O3. The van der Waals surface area contributed by atoms with Crippen molar-refractivity contribution in [3.05, 3.63) is 46.8 Å². The molecule has 1 aromatic heterocycles. The second kappa shape index (κ2) is 6.79. The molecule has 2 rings (SSSR count). The highest BCUT2D eigenvalue weighted by Gasteiger charge is 2.17. The average Bonchev–Trinajstić information content (AvgIpc) is 2.89. The lowest BCUT2D eigenvalue weighted by Crippen LogP contribution is -2.15. The zero-order valence-corrected chi connectivity index (χ0v) is 13.5. The monoisotopic (exact) mass is 311 g/mol. The van der Waals surface area contributed by atoms with Gasteiger partial charge in [-0.05, 0) is 32.1 Å². The molecule has 0 aliphatic carbocycles. The number of hydrogen-bond donors (Lipinski definition) is 0. The Morgan fingerprint density at radius 3 is 2.57 bits per heavy atom. The van der Waals surface area contributed by atoms with E-state index in [0.717, 1.165) is 0 Å². The molecule has 0 fully saturated rings. The van der Waals surface area contributed by atoms with Gasteiger partial charge in [0.15, 0.2) is 11.5 Å². The van der Waals surface area contributed by atoms with E-state index in [1.165, 1.54) is 25.0 Å². The number of carbonyl (C=O) groups excluding carboxylic acids is 1. The van der Waals surface area contributed by atoms with Gasteiger partial charge in [-0.3, -0.25) is 4.79 Å². The summed E-state index contributed by atoms with van der Waals surface area (Å²) in [5.74, 6) is 0.504.